The van der Waals surface area contributed by atoms with Crippen LogP contribution in [0.3, 0.4) is 0 Å². The largest absolute Gasteiger partial charge is 0.354 e. The number of amides is 2. The van der Waals surface area contributed by atoms with Gasteiger partial charge in [-0.2, -0.15) is 5.10 Å². The number of halogens is 1. The number of rotatable bonds is 2. The number of aromatic amines is 1. The zero-order chi connectivity index (χ0) is 17.4. The van der Waals surface area contributed by atoms with Gasteiger partial charge in [-0.25, -0.2) is 4.39 Å². The number of piperidine rings is 1. The molecule has 1 unspecified atom stereocenters. The minimum atomic E-state index is -0.758. The number of aromatic nitrogens is 2. The van der Waals surface area contributed by atoms with Crippen LogP contribution in [-0.2, 0) is 4.79 Å². The molecule has 1 spiro atoms. The molecule has 1 atom stereocenters. The van der Waals surface area contributed by atoms with Crippen LogP contribution in [0.25, 0.3) is 11.3 Å². The number of carbonyl (C=O) groups excluding carboxylic acids is 2. The van der Waals surface area contributed by atoms with Gasteiger partial charge < -0.3 is 10.2 Å². The third-order valence-electron chi connectivity index (χ3n) is 5.19. The van der Waals surface area contributed by atoms with E-state index in [1.807, 2.05) is 0 Å². The first-order chi connectivity index (χ1) is 12.1. The van der Waals surface area contributed by atoms with E-state index in [0.29, 0.717) is 42.8 Å². The van der Waals surface area contributed by atoms with Gasteiger partial charge in [0.1, 0.15) is 11.4 Å². The Kier molecular flexibility index (Phi) is 3.78. The second-order valence-corrected chi connectivity index (χ2v) is 6.62. The summed E-state index contributed by atoms with van der Waals surface area (Å²) in [4.78, 5) is 27.4. The Morgan fingerprint density at radius 1 is 1.28 bits per heavy atom. The molecule has 1 aromatic heterocycles. The van der Waals surface area contributed by atoms with Crippen LogP contribution in [0.4, 0.5) is 4.39 Å². The van der Waals surface area contributed by atoms with Gasteiger partial charge >= 0.3 is 0 Å². The van der Waals surface area contributed by atoms with Crippen LogP contribution in [0.15, 0.2) is 30.5 Å². The van der Waals surface area contributed by atoms with E-state index in [1.54, 1.807) is 17.0 Å². The standard InChI is InChI=1S/C18H19FN4O2/c19-13-5-1-4-12(10-13)15-14(11-21-22-15)16(24)23-9-3-7-18(23)6-2-8-20-17(18)25/h1,4-5,10-11H,2-3,6-9H2,(H,20,25)(H,21,22). The van der Waals surface area contributed by atoms with Crippen molar-refractivity contribution in [1.82, 2.24) is 20.4 Å². The second kappa shape index (κ2) is 5.98. The summed E-state index contributed by atoms with van der Waals surface area (Å²) in [6, 6.07) is 6.02. The van der Waals surface area contributed by atoms with Gasteiger partial charge in [-0.3, -0.25) is 14.7 Å². The summed E-state index contributed by atoms with van der Waals surface area (Å²) in [6.45, 7) is 1.20. The van der Waals surface area contributed by atoms with Crippen LogP contribution in [0.2, 0.25) is 0 Å². The van der Waals surface area contributed by atoms with E-state index in [1.165, 1.54) is 18.3 Å². The molecule has 0 radical (unpaired) electrons. The molecule has 2 aromatic rings. The molecule has 3 heterocycles. The van der Waals surface area contributed by atoms with E-state index in [-0.39, 0.29) is 17.6 Å². The van der Waals surface area contributed by atoms with Crippen LogP contribution in [-0.4, -0.2) is 45.5 Å². The molecule has 6 nitrogen and oxygen atoms in total. The summed E-state index contributed by atoms with van der Waals surface area (Å²) in [5, 5.41) is 9.66. The summed E-state index contributed by atoms with van der Waals surface area (Å²) in [6.07, 6.45) is 4.47. The predicted octanol–water partition coefficient (Wildman–Crippen LogP) is 2.10. The molecule has 25 heavy (non-hydrogen) atoms. The first-order valence-corrected chi connectivity index (χ1v) is 8.51. The van der Waals surface area contributed by atoms with Crippen molar-refractivity contribution in [2.75, 3.05) is 13.1 Å². The molecule has 0 aliphatic carbocycles. The van der Waals surface area contributed by atoms with Crippen LogP contribution in [0.5, 0.6) is 0 Å². The number of hydrogen-bond donors (Lipinski definition) is 2. The smallest absolute Gasteiger partial charge is 0.258 e. The average Bonchev–Trinajstić information content (AvgIpc) is 3.25. The van der Waals surface area contributed by atoms with Gasteiger partial charge in [-0.05, 0) is 37.8 Å². The number of nitrogens with zero attached hydrogens (tertiary/aromatic N) is 2. The highest BCUT2D eigenvalue weighted by atomic mass is 19.1. The van der Waals surface area contributed by atoms with Crippen LogP contribution < -0.4 is 5.32 Å². The lowest BCUT2D eigenvalue weighted by atomic mass is 9.86. The molecule has 130 valence electrons. The maximum atomic E-state index is 13.5. The van der Waals surface area contributed by atoms with Crippen molar-refractivity contribution in [1.29, 1.82) is 0 Å². The molecule has 4 rings (SSSR count). The maximum Gasteiger partial charge on any atom is 0.258 e. The van der Waals surface area contributed by atoms with Gasteiger partial charge in [0.25, 0.3) is 5.91 Å². The molecular formula is C18H19FN4O2. The molecule has 0 saturated carbocycles. The maximum absolute atomic E-state index is 13.5. The second-order valence-electron chi connectivity index (χ2n) is 6.62. The summed E-state index contributed by atoms with van der Waals surface area (Å²) < 4.78 is 13.5. The van der Waals surface area contributed by atoms with E-state index in [4.69, 9.17) is 0 Å². The van der Waals surface area contributed by atoms with Crippen molar-refractivity contribution < 1.29 is 14.0 Å². The Bertz CT molecular complexity index is 834. The van der Waals surface area contributed by atoms with Crippen LogP contribution >= 0.6 is 0 Å². The molecule has 2 saturated heterocycles. The summed E-state index contributed by atoms with van der Waals surface area (Å²) in [5.74, 6) is -0.683. The lowest BCUT2D eigenvalue weighted by Gasteiger charge is -2.40. The Hall–Kier alpha value is -2.70. The fourth-order valence-electron chi connectivity index (χ4n) is 3.99. The molecule has 2 fully saturated rings. The molecule has 0 bridgehead atoms. The number of H-pyrrole nitrogens is 1. The van der Waals surface area contributed by atoms with Gasteiger partial charge in [0.05, 0.1) is 17.5 Å². The van der Waals surface area contributed by atoms with E-state index >= 15 is 0 Å². The van der Waals surface area contributed by atoms with E-state index in [2.05, 4.69) is 15.5 Å². The molecule has 2 aliphatic heterocycles. The van der Waals surface area contributed by atoms with Gasteiger partial charge in [-0.15, -0.1) is 0 Å². The average molecular weight is 342 g/mol. The minimum Gasteiger partial charge on any atom is -0.354 e. The number of carbonyl (C=O) groups is 2. The first-order valence-electron chi connectivity index (χ1n) is 8.51. The lowest BCUT2D eigenvalue weighted by molar-refractivity contribution is -0.133. The number of likely N-dealkylation sites (tertiary alicyclic amines) is 1. The molecule has 2 aliphatic rings. The number of hydrogen-bond acceptors (Lipinski definition) is 3. The predicted molar refractivity (Wildman–Crippen MR) is 89.2 cm³/mol. The van der Waals surface area contributed by atoms with Gasteiger partial charge in [0.15, 0.2) is 0 Å². The Morgan fingerprint density at radius 2 is 2.12 bits per heavy atom. The molecular weight excluding hydrogens is 323 g/mol. The number of benzene rings is 1. The highest BCUT2D eigenvalue weighted by Crippen LogP contribution is 2.37. The third kappa shape index (κ3) is 2.50. The molecule has 7 heteroatoms. The minimum absolute atomic E-state index is 0.0691. The first kappa shape index (κ1) is 15.8. The van der Waals surface area contributed by atoms with Gasteiger partial charge in [-0.1, -0.05) is 12.1 Å². The van der Waals surface area contributed by atoms with E-state index in [9.17, 15) is 14.0 Å². The van der Waals surface area contributed by atoms with Crippen LogP contribution in [0, 0.1) is 5.82 Å². The Morgan fingerprint density at radius 3 is 2.92 bits per heavy atom. The third-order valence-corrected chi connectivity index (χ3v) is 5.19. The van der Waals surface area contributed by atoms with E-state index in [0.717, 1.165) is 12.8 Å². The van der Waals surface area contributed by atoms with E-state index < -0.39 is 5.54 Å². The lowest BCUT2D eigenvalue weighted by Crippen LogP contribution is -2.60. The normalized spacial score (nSPS) is 23.1. The zero-order valence-electron chi connectivity index (χ0n) is 13.7. The van der Waals surface area contributed by atoms with Gasteiger partial charge in [0.2, 0.25) is 5.91 Å². The van der Waals surface area contributed by atoms with Crippen LogP contribution in [0.1, 0.15) is 36.0 Å². The monoisotopic (exact) mass is 342 g/mol. The Balaban J connectivity index is 1.70. The number of nitrogens with one attached hydrogen (secondary N) is 2. The SMILES string of the molecule is O=C(c1cn[nH]c1-c1cccc(F)c1)N1CCCC12CCCNC2=O. The zero-order valence-corrected chi connectivity index (χ0v) is 13.7. The summed E-state index contributed by atoms with van der Waals surface area (Å²) in [5.41, 5.74) is 0.640. The highest BCUT2D eigenvalue weighted by Gasteiger charge is 2.50. The summed E-state index contributed by atoms with van der Waals surface area (Å²) >= 11 is 0. The molecule has 2 N–H and O–H groups in total. The molecule has 2 amide bonds. The van der Waals surface area contributed by atoms with Crippen molar-refractivity contribution in [3.8, 4) is 11.3 Å². The van der Waals surface area contributed by atoms with Crippen molar-refractivity contribution in [3.63, 3.8) is 0 Å². The quantitative estimate of drug-likeness (QED) is 0.877. The Labute approximate surface area is 144 Å². The van der Waals surface area contributed by atoms with Crippen molar-refractivity contribution >= 4 is 11.8 Å². The fourth-order valence-corrected chi connectivity index (χ4v) is 3.99. The highest BCUT2D eigenvalue weighted by molar-refractivity contribution is 6.03. The van der Waals surface area contributed by atoms with Gasteiger partial charge in [0, 0.05) is 18.7 Å². The summed E-state index contributed by atoms with van der Waals surface area (Å²) in [7, 11) is 0. The molecule has 1 aromatic carbocycles. The fraction of sp³-hybridized carbons (Fsp3) is 0.389. The topological polar surface area (TPSA) is 78.1 Å². The van der Waals surface area contributed by atoms with Crippen molar-refractivity contribution in [2.24, 2.45) is 0 Å². The van der Waals surface area contributed by atoms with Crippen molar-refractivity contribution in [3.05, 3.63) is 41.8 Å². The van der Waals surface area contributed by atoms with Crippen molar-refractivity contribution in [2.45, 2.75) is 31.2 Å².